The highest BCUT2D eigenvalue weighted by atomic mass is 127. The summed E-state index contributed by atoms with van der Waals surface area (Å²) in [5.41, 5.74) is 1.23. The van der Waals surface area contributed by atoms with Crippen LogP contribution in [-0.2, 0) is 5.41 Å². The van der Waals surface area contributed by atoms with Gasteiger partial charge in [-0.1, -0.05) is 18.6 Å². The SMILES string of the molecule is CCNC(=NCC1(c2ccc(F)cc2)CCC1)N1CC[C@@H](O)C1.I. The maximum Gasteiger partial charge on any atom is 0.194 e. The summed E-state index contributed by atoms with van der Waals surface area (Å²) in [6, 6.07) is 6.88. The third-order valence-electron chi connectivity index (χ3n) is 5.10. The lowest BCUT2D eigenvalue weighted by atomic mass is 9.64. The molecule has 1 heterocycles. The van der Waals surface area contributed by atoms with Gasteiger partial charge in [0.2, 0.25) is 0 Å². The fraction of sp³-hybridized carbons (Fsp3) is 0.611. The van der Waals surface area contributed by atoms with Gasteiger partial charge < -0.3 is 15.3 Å². The first-order valence-electron chi connectivity index (χ1n) is 8.60. The minimum Gasteiger partial charge on any atom is -0.391 e. The average molecular weight is 447 g/mol. The molecule has 2 N–H and O–H groups in total. The number of likely N-dealkylation sites (tertiary alicyclic amines) is 1. The first-order valence-corrected chi connectivity index (χ1v) is 8.60. The molecule has 0 aromatic heterocycles. The summed E-state index contributed by atoms with van der Waals surface area (Å²) in [5.74, 6) is 0.698. The Morgan fingerprint density at radius 3 is 2.58 bits per heavy atom. The second-order valence-electron chi connectivity index (χ2n) is 6.70. The number of β-amino-alcohol motifs (C(OH)–C–C–N with tert-alkyl or cyclic N) is 1. The second kappa shape index (κ2) is 8.47. The predicted octanol–water partition coefficient (Wildman–Crippen LogP) is 2.90. The molecule has 6 heteroatoms. The van der Waals surface area contributed by atoms with Gasteiger partial charge in [-0.25, -0.2) is 4.39 Å². The average Bonchev–Trinajstić information content (AvgIpc) is 2.93. The highest BCUT2D eigenvalue weighted by Gasteiger charge is 2.38. The third kappa shape index (κ3) is 4.20. The van der Waals surface area contributed by atoms with Crippen LogP contribution in [0.2, 0.25) is 0 Å². The van der Waals surface area contributed by atoms with Gasteiger partial charge in [0.1, 0.15) is 5.82 Å². The molecule has 134 valence electrons. The van der Waals surface area contributed by atoms with E-state index in [-0.39, 0.29) is 41.3 Å². The molecule has 4 nitrogen and oxygen atoms in total. The van der Waals surface area contributed by atoms with Crippen molar-refractivity contribution in [2.24, 2.45) is 4.99 Å². The molecule has 1 aliphatic heterocycles. The van der Waals surface area contributed by atoms with Crippen molar-refractivity contribution in [1.82, 2.24) is 10.2 Å². The number of aliphatic hydroxyl groups is 1. The summed E-state index contributed by atoms with van der Waals surface area (Å²) < 4.78 is 13.2. The van der Waals surface area contributed by atoms with E-state index in [9.17, 15) is 9.50 Å². The smallest absolute Gasteiger partial charge is 0.194 e. The predicted molar refractivity (Wildman–Crippen MR) is 106 cm³/mol. The molecule has 1 saturated carbocycles. The highest BCUT2D eigenvalue weighted by molar-refractivity contribution is 14.0. The van der Waals surface area contributed by atoms with Crippen LogP contribution < -0.4 is 5.32 Å². The zero-order valence-electron chi connectivity index (χ0n) is 14.2. The van der Waals surface area contributed by atoms with Crippen molar-refractivity contribution in [2.75, 3.05) is 26.2 Å². The van der Waals surface area contributed by atoms with Gasteiger partial charge in [-0.2, -0.15) is 0 Å². The molecule has 1 aromatic carbocycles. The molecule has 0 amide bonds. The molecule has 3 rings (SSSR count). The highest BCUT2D eigenvalue weighted by Crippen LogP contribution is 2.44. The van der Waals surface area contributed by atoms with Gasteiger partial charge in [0, 0.05) is 25.0 Å². The van der Waals surface area contributed by atoms with E-state index >= 15 is 0 Å². The van der Waals surface area contributed by atoms with Crippen LogP contribution in [0.5, 0.6) is 0 Å². The van der Waals surface area contributed by atoms with Gasteiger partial charge in [-0.05, 0) is 43.9 Å². The zero-order chi connectivity index (χ0) is 16.3. The Morgan fingerprint density at radius 2 is 2.08 bits per heavy atom. The Labute approximate surface area is 160 Å². The van der Waals surface area contributed by atoms with E-state index in [0.29, 0.717) is 13.1 Å². The summed E-state index contributed by atoms with van der Waals surface area (Å²) in [6.45, 7) is 5.08. The van der Waals surface area contributed by atoms with Crippen LogP contribution in [0.3, 0.4) is 0 Å². The number of hydrogen-bond donors (Lipinski definition) is 2. The first kappa shape index (κ1) is 19.4. The number of hydrogen-bond acceptors (Lipinski definition) is 2. The number of benzene rings is 1. The molecular formula is C18H27FIN3O. The minimum absolute atomic E-state index is 0. The topological polar surface area (TPSA) is 47.9 Å². The number of aliphatic imine (C=N–C) groups is 1. The molecule has 2 aliphatic rings. The van der Waals surface area contributed by atoms with E-state index in [0.717, 1.165) is 38.3 Å². The molecule has 24 heavy (non-hydrogen) atoms. The number of rotatable bonds is 4. The fourth-order valence-electron chi connectivity index (χ4n) is 3.53. The molecule has 1 saturated heterocycles. The Kier molecular flexibility index (Phi) is 6.86. The molecule has 2 fully saturated rings. The maximum atomic E-state index is 13.2. The van der Waals surface area contributed by atoms with Crippen LogP contribution in [0, 0.1) is 5.82 Å². The van der Waals surface area contributed by atoms with Crippen LogP contribution in [0.25, 0.3) is 0 Å². The molecule has 0 unspecified atom stereocenters. The summed E-state index contributed by atoms with van der Waals surface area (Å²) in [6.07, 6.45) is 3.95. The molecule has 1 aliphatic carbocycles. The third-order valence-corrected chi connectivity index (χ3v) is 5.10. The van der Waals surface area contributed by atoms with E-state index in [1.165, 1.54) is 12.0 Å². The molecule has 0 radical (unpaired) electrons. The monoisotopic (exact) mass is 447 g/mol. The van der Waals surface area contributed by atoms with E-state index in [1.807, 2.05) is 12.1 Å². The summed E-state index contributed by atoms with van der Waals surface area (Å²) in [4.78, 5) is 6.98. The van der Waals surface area contributed by atoms with Crippen LogP contribution in [0.4, 0.5) is 4.39 Å². The first-order chi connectivity index (χ1) is 11.1. The van der Waals surface area contributed by atoms with Gasteiger partial charge in [0.25, 0.3) is 0 Å². The van der Waals surface area contributed by atoms with Crippen LogP contribution in [0.15, 0.2) is 29.3 Å². The minimum atomic E-state index is -0.256. The van der Waals surface area contributed by atoms with E-state index in [4.69, 9.17) is 4.99 Å². The lowest BCUT2D eigenvalue weighted by Crippen LogP contribution is -2.43. The van der Waals surface area contributed by atoms with Gasteiger partial charge in [0.15, 0.2) is 5.96 Å². The number of aliphatic hydroxyl groups excluding tert-OH is 1. The van der Waals surface area contributed by atoms with Gasteiger partial charge in [-0.15, -0.1) is 24.0 Å². The Hall–Kier alpha value is -0.890. The van der Waals surface area contributed by atoms with Crippen molar-refractivity contribution in [3.8, 4) is 0 Å². The molecule has 0 spiro atoms. The summed E-state index contributed by atoms with van der Waals surface area (Å²) in [5, 5.41) is 13.1. The van der Waals surface area contributed by atoms with E-state index in [2.05, 4.69) is 17.1 Å². The lowest BCUT2D eigenvalue weighted by Gasteiger charge is -2.41. The number of halogens is 2. The normalized spacial score (nSPS) is 22.7. The number of nitrogens with zero attached hydrogens (tertiary/aromatic N) is 2. The number of guanidine groups is 1. The van der Waals surface area contributed by atoms with Crippen LogP contribution in [-0.4, -0.2) is 48.2 Å². The zero-order valence-corrected chi connectivity index (χ0v) is 16.5. The van der Waals surface area contributed by atoms with Gasteiger partial charge in [-0.3, -0.25) is 4.99 Å². The fourth-order valence-corrected chi connectivity index (χ4v) is 3.53. The largest absolute Gasteiger partial charge is 0.391 e. The number of nitrogens with one attached hydrogen (secondary N) is 1. The Bertz CT molecular complexity index is 560. The molecule has 1 atom stereocenters. The molecule has 0 bridgehead atoms. The van der Waals surface area contributed by atoms with Crippen molar-refractivity contribution in [2.45, 2.75) is 44.1 Å². The maximum absolute atomic E-state index is 13.2. The van der Waals surface area contributed by atoms with Crippen molar-refractivity contribution < 1.29 is 9.50 Å². The standard InChI is InChI=1S/C18H26FN3O.HI/c1-2-20-17(22-11-8-16(23)12-22)21-13-18(9-3-10-18)14-4-6-15(19)7-5-14;/h4-7,16,23H,2-3,8-13H2,1H3,(H,20,21);1H/t16-;/m1./s1. The molecular weight excluding hydrogens is 420 g/mol. The molecule has 1 aromatic rings. The quantitative estimate of drug-likeness (QED) is 0.424. The van der Waals surface area contributed by atoms with Crippen molar-refractivity contribution in [3.05, 3.63) is 35.6 Å². The van der Waals surface area contributed by atoms with Gasteiger partial charge >= 0.3 is 0 Å². The lowest BCUT2D eigenvalue weighted by molar-refractivity contribution is 0.187. The summed E-state index contributed by atoms with van der Waals surface area (Å²) >= 11 is 0. The Morgan fingerprint density at radius 1 is 1.38 bits per heavy atom. The Balaban J connectivity index is 0.00000208. The van der Waals surface area contributed by atoms with Crippen molar-refractivity contribution in [1.29, 1.82) is 0 Å². The summed E-state index contributed by atoms with van der Waals surface area (Å²) in [7, 11) is 0. The van der Waals surface area contributed by atoms with Crippen LogP contribution in [0.1, 0.15) is 38.2 Å². The van der Waals surface area contributed by atoms with Crippen molar-refractivity contribution in [3.63, 3.8) is 0 Å². The van der Waals surface area contributed by atoms with E-state index in [1.54, 1.807) is 12.1 Å². The van der Waals surface area contributed by atoms with Crippen LogP contribution >= 0.6 is 24.0 Å². The van der Waals surface area contributed by atoms with Gasteiger partial charge in [0.05, 0.1) is 12.6 Å². The van der Waals surface area contributed by atoms with Crippen molar-refractivity contribution >= 4 is 29.9 Å². The van der Waals surface area contributed by atoms with E-state index < -0.39 is 0 Å². The second-order valence-corrected chi connectivity index (χ2v) is 6.70.